The number of carbonyl (C=O) groups is 4. The Hall–Kier alpha value is -1.81. The number of carboxylic acid groups (broad SMARTS) is 2. The molecule has 0 spiro atoms. The maximum Gasteiger partial charge on any atom is 0.326 e. The third-order valence-electron chi connectivity index (χ3n) is 3.30. The third-order valence-corrected chi connectivity index (χ3v) is 3.94. The van der Waals surface area contributed by atoms with Gasteiger partial charge in [-0.05, 0) is 30.8 Å². The van der Waals surface area contributed by atoms with Crippen molar-refractivity contribution in [3.63, 3.8) is 0 Å². The van der Waals surface area contributed by atoms with Crippen LogP contribution in [-0.4, -0.2) is 64.1 Å². The van der Waals surface area contributed by atoms with Crippen LogP contribution in [0.1, 0.15) is 33.1 Å². The summed E-state index contributed by atoms with van der Waals surface area (Å²) < 4.78 is 0. The second kappa shape index (κ2) is 11.7. The van der Waals surface area contributed by atoms with E-state index in [1.807, 2.05) is 20.1 Å². The first kappa shape index (κ1) is 23.2. The van der Waals surface area contributed by atoms with Gasteiger partial charge in [0.25, 0.3) is 0 Å². The molecule has 3 unspecified atom stereocenters. The zero-order valence-electron chi connectivity index (χ0n) is 14.7. The van der Waals surface area contributed by atoms with Crippen LogP contribution in [0.5, 0.6) is 0 Å². The monoisotopic (exact) mass is 377 g/mol. The molecule has 0 saturated carbocycles. The lowest BCUT2D eigenvalue weighted by molar-refractivity contribution is -0.143. The molecule has 9 nitrogen and oxygen atoms in total. The molecule has 6 N–H and O–H groups in total. The number of hydrogen-bond donors (Lipinski definition) is 5. The minimum Gasteiger partial charge on any atom is -0.481 e. The number of aliphatic carboxylic acids is 2. The molecule has 0 rings (SSSR count). The average Bonchev–Trinajstić information content (AvgIpc) is 2.48. The summed E-state index contributed by atoms with van der Waals surface area (Å²) in [5.41, 5.74) is 5.49. The summed E-state index contributed by atoms with van der Waals surface area (Å²) in [5, 5.41) is 22.7. The first-order valence-electron chi connectivity index (χ1n) is 7.88. The smallest absolute Gasteiger partial charge is 0.326 e. The van der Waals surface area contributed by atoms with Gasteiger partial charge in [0.2, 0.25) is 11.8 Å². The zero-order valence-corrected chi connectivity index (χ0v) is 15.5. The van der Waals surface area contributed by atoms with Gasteiger partial charge in [0.1, 0.15) is 12.1 Å². The first-order chi connectivity index (χ1) is 11.6. The Morgan fingerprint density at radius 1 is 1.04 bits per heavy atom. The second-order valence-electron chi connectivity index (χ2n) is 6.08. The van der Waals surface area contributed by atoms with Gasteiger partial charge >= 0.3 is 11.9 Å². The summed E-state index contributed by atoms with van der Waals surface area (Å²) in [6, 6.07) is -3.32. The standard InChI is InChI=1S/C15H27N3O6S/c1-8(2)6-11(15(23)24)18-14(22)10(4-5-25-3)17-13(21)9(16)7-12(19)20/h8-11H,4-7,16H2,1-3H3,(H,17,21)(H,18,22)(H,19,20)(H,23,24). The topological polar surface area (TPSA) is 159 Å². The molecule has 0 aliphatic heterocycles. The summed E-state index contributed by atoms with van der Waals surface area (Å²) in [5.74, 6) is -3.16. The number of amides is 2. The molecule has 0 aromatic rings. The molecule has 0 aliphatic rings. The Bertz CT molecular complexity index is 486. The number of nitrogens with one attached hydrogen (secondary N) is 2. The summed E-state index contributed by atoms with van der Waals surface area (Å²) in [4.78, 5) is 46.2. The predicted molar refractivity (Wildman–Crippen MR) is 94.2 cm³/mol. The number of carboxylic acids is 2. The fraction of sp³-hybridized carbons (Fsp3) is 0.733. The van der Waals surface area contributed by atoms with E-state index in [1.54, 1.807) is 0 Å². The quantitative estimate of drug-likeness (QED) is 0.308. The number of carbonyl (C=O) groups excluding carboxylic acids is 2. The molecule has 0 aromatic carbocycles. The van der Waals surface area contributed by atoms with Crippen molar-refractivity contribution in [2.24, 2.45) is 11.7 Å². The Labute approximate surface area is 151 Å². The number of thioether (sulfide) groups is 1. The minimum absolute atomic E-state index is 0.0598. The molecular weight excluding hydrogens is 350 g/mol. The van der Waals surface area contributed by atoms with Crippen LogP contribution in [0.25, 0.3) is 0 Å². The molecule has 0 heterocycles. The van der Waals surface area contributed by atoms with Crippen molar-refractivity contribution in [2.45, 2.75) is 51.2 Å². The summed E-state index contributed by atoms with van der Waals surface area (Å²) in [6.07, 6.45) is 1.79. The molecule has 144 valence electrons. The molecule has 3 atom stereocenters. The minimum atomic E-state index is -1.28. The zero-order chi connectivity index (χ0) is 19.6. The van der Waals surface area contributed by atoms with Crippen molar-refractivity contribution in [3.05, 3.63) is 0 Å². The van der Waals surface area contributed by atoms with E-state index in [4.69, 9.17) is 10.8 Å². The van der Waals surface area contributed by atoms with Crippen LogP contribution in [0.2, 0.25) is 0 Å². The third kappa shape index (κ3) is 9.92. The van der Waals surface area contributed by atoms with Gasteiger partial charge < -0.3 is 26.6 Å². The maximum absolute atomic E-state index is 12.4. The van der Waals surface area contributed by atoms with Crippen LogP contribution >= 0.6 is 11.8 Å². The fourth-order valence-electron chi connectivity index (χ4n) is 2.03. The van der Waals surface area contributed by atoms with Crippen molar-refractivity contribution in [1.82, 2.24) is 10.6 Å². The van der Waals surface area contributed by atoms with Gasteiger partial charge in [-0.25, -0.2) is 4.79 Å². The van der Waals surface area contributed by atoms with Gasteiger partial charge in [-0.1, -0.05) is 13.8 Å². The Balaban J connectivity index is 4.98. The first-order valence-corrected chi connectivity index (χ1v) is 9.27. The highest BCUT2D eigenvalue weighted by atomic mass is 32.2. The second-order valence-corrected chi connectivity index (χ2v) is 7.06. The van der Waals surface area contributed by atoms with Gasteiger partial charge in [-0.3, -0.25) is 14.4 Å². The van der Waals surface area contributed by atoms with Crippen LogP contribution in [0.15, 0.2) is 0 Å². The van der Waals surface area contributed by atoms with Gasteiger partial charge in [0.15, 0.2) is 0 Å². The van der Waals surface area contributed by atoms with E-state index < -0.39 is 48.3 Å². The molecule has 2 amide bonds. The van der Waals surface area contributed by atoms with Crippen molar-refractivity contribution in [3.8, 4) is 0 Å². The van der Waals surface area contributed by atoms with Crippen molar-refractivity contribution in [1.29, 1.82) is 0 Å². The lowest BCUT2D eigenvalue weighted by atomic mass is 10.0. The molecule has 10 heteroatoms. The van der Waals surface area contributed by atoms with Gasteiger partial charge in [-0.2, -0.15) is 11.8 Å². The summed E-state index contributed by atoms with van der Waals surface area (Å²) in [6.45, 7) is 3.67. The van der Waals surface area contributed by atoms with E-state index in [0.717, 1.165) is 0 Å². The van der Waals surface area contributed by atoms with E-state index in [0.29, 0.717) is 5.75 Å². The molecule has 0 aliphatic carbocycles. The van der Waals surface area contributed by atoms with Crippen molar-refractivity contribution >= 4 is 35.5 Å². The molecule has 0 aromatic heterocycles. The van der Waals surface area contributed by atoms with Crippen LogP contribution in [0.4, 0.5) is 0 Å². The summed E-state index contributed by atoms with van der Waals surface area (Å²) in [7, 11) is 0. The Morgan fingerprint density at radius 3 is 2.04 bits per heavy atom. The molecule has 0 bridgehead atoms. The lowest BCUT2D eigenvalue weighted by Gasteiger charge is -2.23. The van der Waals surface area contributed by atoms with E-state index in [-0.39, 0.29) is 18.8 Å². The summed E-state index contributed by atoms with van der Waals surface area (Å²) >= 11 is 1.46. The van der Waals surface area contributed by atoms with Crippen molar-refractivity contribution < 1.29 is 29.4 Å². The van der Waals surface area contributed by atoms with E-state index in [9.17, 15) is 24.3 Å². The van der Waals surface area contributed by atoms with Crippen LogP contribution < -0.4 is 16.4 Å². The number of rotatable bonds is 12. The molecule has 0 radical (unpaired) electrons. The highest BCUT2D eigenvalue weighted by molar-refractivity contribution is 7.98. The normalized spacial score (nSPS) is 14.4. The van der Waals surface area contributed by atoms with Crippen LogP contribution in [-0.2, 0) is 19.2 Å². The van der Waals surface area contributed by atoms with Gasteiger partial charge in [0.05, 0.1) is 12.5 Å². The number of hydrogen-bond acceptors (Lipinski definition) is 6. The van der Waals surface area contributed by atoms with E-state index in [1.165, 1.54) is 11.8 Å². The molecule has 0 fully saturated rings. The van der Waals surface area contributed by atoms with Crippen LogP contribution in [0.3, 0.4) is 0 Å². The van der Waals surface area contributed by atoms with Gasteiger partial charge in [0, 0.05) is 0 Å². The largest absolute Gasteiger partial charge is 0.481 e. The Morgan fingerprint density at radius 2 is 1.60 bits per heavy atom. The van der Waals surface area contributed by atoms with Crippen molar-refractivity contribution in [2.75, 3.05) is 12.0 Å². The molecule has 25 heavy (non-hydrogen) atoms. The molecular formula is C15H27N3O6S. The highest BCUT2D eigenvalue weighted by Crippen LogP contribution is 2.07. The highest BCUT2D eigenvalue weighted by Gasteiger charge is 2.28. The average molecular weight is 377 g/mol. The lowest BCUT2D eigenvalue weighted by Crippen LogP contribution is -2.55. The maximum atomic E-state index is 12.4. The Kier molecular flexibility index (Phi) is 10.8. The SMILES string of the molecule is CSCCC(NC(=O)C(N)CC(=O)O)C(=O)NC(CC(C)C)C(=O)O. The molecule has 0 saturated heterocycles. The van der Waals surface area contributed by atoms with E-state index in [2.05, 4.69) is 10.6 Å². The van der Waals surface area contributed by atoms with Gasteiger partial charge in [-0.15, -0.1) is 0 Å². The predicted octanol–water partition coefficient (Wildman–Crippen LogP) is -0.358. The fourth-order valence-corrected chi connectivity index (χ4v) is 2.50. The van der Waals surface area contributed by atoms with Crippen LogP contribution in [0, 0.1) is 5.92 Å². The van der Waals surface area contributed by atoms with E-state index >= 15 is 0 Å². The number of nitrogens with two attached hydrogens (primary N) is 1.